The quantitative estimate of drug-likeness (QED) is 0.862. The van der Waals surface area contributed by atoms with Crippen molar-refractivity contribution in [1.29, 1.82) is 0 Å². The molecule has 2 rings (SSSR count). The van der Waals surface area contributed by atoms with Crippen molar-refractivity contribution in [2.45, 2.75) is 18.5 Å². The average molecular weight is 261 g/mol. The summed E-state index contributed by atoms with van der Waals surface area (Å²) in [5.74, 6) is -0.917. The Morgan fingerprint density at radius 2 is 2.44 bits per heavy atom. The van der Waals surface area contributed by atoms with Gasteiger partial charge in [-0.2, -0.15) is 0 Å². The molecule has 1 fully saturated rings. The van der Waals surface area contributed by atoms with E-state index in [1.54, 1.807) is 0 Å². The molecule has 88 valence electrons. The van der Waals surface area contributed by atoms with E-state index < -0.39 is 11.5 Å². The van der Waals surface area contributed by atoms with Gasteiger partial charge in [0.2, 0.25) is 0 Å². The van der Waals surface area contributed by atoms with Crippen molar-refractivity contribution in [3.8, 4) is 0 Å². The lowest BCUT2D eigenvalue weighted by molar-refractivity contribution is -0.142. The van der Waals surface area contributed by atoms with Crippen LogP contribution in [0.5, 0.6) is 0 Å². The van der Waals surface area contributed by atoms with Gasteiger partial charge in [-0.05, 0) is 18.6 Å². The lowest BCUT2D eigenvalue weighted by atomic mass is 10.0. The van der Waals surface area contributed by atoms with Crippen molar-refractivity contribution in [2.24, 2.45) is 5.73 Å². The second kappa shape index (κ2) is 4.33. The number of hydrogen-bond donors (Lipinski definition) is 2. The first-order chi connectivity index (χ1) is 7.49. The van der Waals surface area contributed by atoms with Crippen molar-refractivity contribution < 1.29 is 9.90 Å². The first-order valence-corrected chi connectivity index (χ1v) is 6.18. The summed E-state index contributed by atoms with van der Waals surface area (Å²) in [4.78, 5) is 14.1. The number of rotatable bonds is 3. The predicted molar refractivity (Wildman–Crippen MR) is 63.8 cm³/mol. The molecule has 1 aliphatic rings. The van der Waals surface area contributed by atoms with E-state index in [4.69, 9.17) is 22.4 Å². The van der Waals surface area contributed by atoms with Crippen molar-refractivity contribution >= 4 is 28.9 Å². The van der Waals surface area contributed by atoms with Crippen molar-refractivity contribution in [3.05, 3.63) is 21.3 Å². The van der Waals surface area contributed by atoms with Crippen LogP contribution in [0.2, 0.25) is 4.34 Å². The van der Waals surface area contributed by atoms with Gasteiger partial charge in [0, 0.05) is 24.5 Å². The molecule has 1 saturated heterocycles. The molecule has 2 heterocycles. The standard InChI is InChI=1S/C10H13ClN2O2S/c11-8-2-1-7(16-8)5-13-4-3-10(12,6-13)9(14)15/h1-2H,3-6,12H2,(H,14,15). The molecule has 0 radical (unpaired) electrons. The highest BCUT2D eigenvalue weighted by atomic mass is 35.5. The first kappa shape index (κ1) is 11.9. The minimum atomic E-state index is -1.08. The number of hydrogen-bond acceptors (Lipinski definition) is 4. The van der Waals surface area contributed by atoms with Crippen LogP contribution in [0.1, 0.15) is 11.3 Å². The van der Waals surface area contributed by atoms with Gasteiger partial charge in [0.05, 0.1) is 4.34 Å². The third-order valence-electron chi connectivity index (χ3n) is 2.81. The lowest BCUT2D eigenvalue weighted by Gasteiger charge is -2.19. The summed E-state index contributed by atoms with van der Waals surface area (Å²) in [5.41, 5.74) is 4.70. The Kier molecular flexibility index (Phi) is 3.21. The summed E-state index contributed by atoms with van der Waals surface area (Å²) in [6, 6.07) is 3.81. The van der Waals surface area contributed by atoms with Gasteiger partial charge >= 0.3 is 5.97 Å². The fourth-order valence-electron chi connectivity index (χ4n) is 1.88. The number of carbonyl (C=O) groups is 1. The van der Waals surface area contributed by atoms with Crippen LogP contribution in [0.4, 0.5) is 0 Å². The van der Waals surface area contributed by atoms with E-state index >= 15 is 0 Å². The van der Waals surface area contributed by atoms with Gasteiger partial charge in [-0.1, -0.05) is 11.6 Å². The second-order valence-electron chi connectivity index (χ2n) is 4.13. The predicted octanol–water partition coefficient (Wildman–Crippen LogP) is 1.39. The summed E-state index contributed by atoms with van der Waals surface area (Å²) in [5, 5.41) is 8.99. The first-order valence-electron chi connectivity index (χ1n) is 4.98. The lowest BCUT2D eigenvalue weighted by Crippen LogP contribution is -2.49. The fraction of sp³-hybridized carbons (Fsp3) is 0.500. The zero-order valence-corrected chi connectivity index (χ0v) is 10.2. The Bertz CT molecular complexity index is 409. The zero-order valence-electron chi connectivity index (χ0n) is 8.65. The molecule has 1 aromatic rings. The third-order valence-corrected chi connectivity index (χ3v) is 4.03. The largest absolute Gasteiger partial charge is 0.480 e. The number of carboxylic acid groups (broad SMARTS) is 1. The Labute approximate surface area is 103 Å². The molecule has 0 spiro atoms. The molecule has 0 amide bonds. The van der Waals surface area contributed by atoms with E-state index in [1.165, 1.54) is 11.3 Å². The van der Waals surface area contributed by atoms with E-state index in [2.05, 4.69) is 4.90 Å². The molecule has 1 aromatic heterocycles. The highest BCUT2D eigenvalue weighted by Crippen LogP contribution is 2.26. The van der Waals surface area contributed by atoms with Gasteiger partial charge in [-0.3, -0.25) is 9.69 Å². The molecular weight excluding hydrogens is 248 g/mol. The maximum Gasteiger partial charge on any atom is 0.325 e. The van der Waals surface area contributed by atoms with Crippen LogP contribution in [0, 0.1) is 0 Å². The van der Waals surface area contributed by atoms with E-state index in [-0.39, 0.29) is 0 Å². The number of nitrogens with two attached hydrogens (primary N) is 1. The van der Waals surface area contributed by atoms with Gasteiger partial charge < -0.3 is 10.8 Å². The van der Waals surface area contributed by atoms with E-state index in [0.29, 0.717) is 13.0 Å². The summed E-state index contributed by atoms with van der Waals surface area (Å²) in [6.45, 7) is 1.85. The second-order valence-corrected chi connectivity index (χ2v) is 5.93. The van der Waals surface area contributed by atoms with Gasteiger partial charge in [0.25, 0.3) is 0 Å². The molecule has 3 N–H and O–H groups in total. The molecule has 4 nitrogen and oxygen atoms in total. The summed E-state index contributed by atoms with van der Waals surface area (Å²) >= 11 is 7.35. The van der Waals surface area contributed by atoms with Gasteiger partial charge in [0.1, 0.15) is 5.54 Å². The molecule has 6 heteroatoms. The summed E-state index contributed by atoms with van der Waals surface area (Å²) < 4.78 is 0.756. The van der Waals surface area contributed by atoms with Crippen LogP contribution in [0.15, 0.2) is 12.1 Å². The highest BCUT2D eigenvalue weighted by Gasteiger charge is 2.41. The monoisotopic (exact) mass is 260 g/mol. The maximum absolute atomic E-state index is 11.0. The zero-order chi connectivity index (χ0) is 11.8. The molecule has 0 saturated carbocycles. The smallest absolute Gasteiger partial charge is 0.325 e. The minimum Gasteiger partial charge on any atom is -0.480 e. The Balaban J connectivity index is 1.97. The number of thiophene rings is 1. The van der Waals surface area contributed by atoms with Crippen LogP contribution in [0.25, 0.3) is 0 Å². The van der Waals surface area contributed by atoms with Crippen molar-refractivity contribution in [3.63, 3.8) is 0 Å². The normalized spacial score (nSPS) is 26.1. The van der Waals surface area contributed by atoms with E-state index in [1.807, 2.05) is 12.1 Å². The molecule has 1 unspecified atom stereocenters. The maximum atomic E-state index is 11.0. The summed E-state index contributed by atoms with van der Waals surface area (Å²) in [6.07, 6.45) is 0.501. The average Bonchev–Trinajstić information content (AvgIpc) is 2.75. The number of aliphatic carboxylic acids is 1. The van der Waals surface area contributed by atoms with Crippen LogP contribution in [-0.4, -0.2) is 34.6 Å². The number of nitrogens with zero attached hydrogens (tertiary/aromatic N) is 1. The van der Waals surface area contributed by atoms with E-state index in [9.17, 15) is 4.79 Å². The Hall–Kier alpha value is -0.620. The summed E-state index contributed by atoms with van der Waals surface area (Å²) in [7, 11) is 0. The Morgan fingerprint density at radius 1 is 1.69 bits per heavy atom. The topological polar surface area (TPSA) is 66.6 Å². The van der Waals surface area contributed by atoms with Crippen LogP contribution < -0.4 is 5.73 Å². The van der Waals surface area contributed by atoms with Gasteiger partial charge in [-0.25, -0.2) is 0 Å². The number of halogens is 1. The highest BCUT2D eigenvalue weighted by molar-refractivity contribution is 7.16. The molecule has 0 aromatic carbocycles. The van der Waals surface area contributed by atoms with Crippen molar-refractivity contribution in [1.82, 2.24) is 4.90 Å². The molecule has 1 atom stereocenters. The van der Waals surface area contributed by atoms with Crippen molar-refractivity contribution in [2.75, 3.05) is 13.1 Å². The molecule has 0 aliphatic carbocycles. The van der Waals surface area contributed by atoms with Crippen LogP contribution in [-0.2, 0) is 11.3 Å². The van der Waals surface area contributed by atoms with E-state index in [0.717, 1.165) is 22.3 Å². The van der Waals surface area contributed by atoms with Crippen LogP contribution in [0.3, 0.4) is 0 Å². The number of likely N-dealkylation sites (tertiary alicyclic amines) is 1. The molecule has 0 bridgehead atoms. The van der Waals surface area contributed by atoms with Gasteiger partial charge in [0.15, 0.2) is 0 Å². The minimum absolute atomic E-state index is 0.401. The van der Waals surface area contributed by atoms with Gasteiger partial charge in [-0.15, -0.1) is 11.3 Å². The van der Waals surface area contributed by atoms with Crippen LogP contribution >= 0.6 is 22.9 Å². The third kappa shape index (κ3) is 2.38. The number of carboxylic acids is 1. The molecule has 16 heavy (non-hydrogen) atoms. The molecule has 1 aliphatic heterocycles. The SMILES string of the molecule is NC1(C(=O)O)CCN(Cc2ccc(Cl)s2)C1. The molecular formula is C10H13ClN2O2S. The fourth-order valence-corrected chi connectivity index (χ4v) is 3.01. The Morgan fingerprint density at radius 3 is 2.94 bits per heavy atom.